The molecule has 2 rings (SSSR count). The summed E-state index contributed by atoms with van der Waals surface area (Å²) in [6.45, 7) is -0.00999. The SMILES string of the molecule is O=C(COc1ccc(Cl)cc1Cl)NC(=O)NCc1ccccc1. The van der Waals surface area contributed by atoms with Gasteiger partial charge in [0.2, 0.25) is 0 Å². The number of urea groups is 1. The van der Waals surface area contributed by atoms with Gasteiger partial charge in [0, 0.05) is 11.6 Å². The third-order valence-electron chi connectivity index (χ3n) is 2.80. The first-order valence-electron chi connectivity index (χ1n) is 6.74. The van der Waals surface area contributed by atoms with Gasteiger partial charge in [0.25, 0.3) is 5.91 Å². The van der Waals surface area contributed by atoms with E-state index in [4.69, 9.17) is 27.9 Å². The molecule has 3 amide bonds. The molecule has 0 aliphatic heterocycles. The van der Waals surface area contributed by atoms with Crippen LogP contribution in [-0.4, -0.2) is 18.5 Å². The van der Waals surface area contributed by atoms with Crippen LogP contribution >= 0.6 is 23.2 Å². The third-order valence-corrected chi connectivity index (χ3v) is 3.33. The van der Waals surface area contributed by atoms with Crippen LogP contribution in [0.2, 0.25) is 10.0 Å². The summed E-state index contributed by atoms with van der Waals surface area (Å²) >= 11 is 11.7. The zero-order valence-electron chi connectivity index (χ0n) is 12.0. The molecule has 2 N–H and O–H groups in total. The van der Waals surface area contributed by atoms with E-state index in [2.05, 4.69) is 10.6 Å². The molecule has 2 aromatic carbocycles. The van der Waals surface area contributed by atoms with Gasteiger partial charge in [-0.15, -0.1) is 0 Å². The minimum Gasteiger partial charge on any atom is -0.482 e. The van der Waals surface area contributed by atoms with Crippen molar-refractivity contribution in [1.29, 1.82) is 0 Å². The van der Waals surface area contributed by atoms with Gasteiger partial charge in [-0.25, -0.2) is 4.79 Å². The first-order valence-corrected chi connectivity index (χ1v) is 7.49. The average Bonchev–Trinajstić information content (AvgIpc) is 2.53. The molecule has 0 bridgehead atoms. The molecule has 0 spiro atoms. The van der Waals surface area contributed by atoms with E-state index in [9.17, 15) is 9.59 Å². The molecule has 7 heteroatoms. The van der Waals surface area contributed by atoms with Gasteiger partial charge in [-0.2, -0.15) is 0 Å². The molecule has 0 radical (unpaired) electrons. The van der Waals surface area contributed by atoms with Crippen LogP contribution in [0.15, 0.2) is 48.5 Å². The Morgan fingerprint density at radius 3 is 2.48 bits per heavy atom. The maximum absolute atomic E-state index is 11.7. The quantitative estimate of drug-likeness (QED) is 0.866. The molecule has 0 saturated carbocycles. The number of nitrogens with one attached hydrogen (secondary N) is 2. The fourth-order valence-electron chi connectivity index (χ4n) is 1.72. The van der Waals surface area contributed by atoms with Crippen molar-refractivity contribution in [2.24, 2.45) is 0 Å². The van der Waals surface area contributed by atoms with Gasteiger partial charge in [0.05, 0.1) is 5.02 Å². The summed E-state index contributed by atoms with van der Waals surface area (Å²) in [6.07, 6.45) is 0. The van der Waals surface area contributed by atoms with Crippen molar-refractivity contribution in [2.75, 3.05) is 6.61 Å². The fraction of sp³-hybridized carbons (Fsp3) is 0.125. The van der Waals surface area contributed by atoms with Crippen molar-refractivity contribution in [1.82, 2.24) is 10.6 Å². The topological polar surface area (TPSA) is 67.4 Å². The number of ether oxygens (including phenoxy) is 1. The lowest BCUT2D eigenvalue weighted by Gasteiger charge is -2.09. The van der Waals surface area contributed by atoms with Gasteiger partial charge >= 0.3 is 6.03 Å². The molecule has 23 heavy (non-hydrogen) atoms. The van der Waals surface area contributed by atoms with Crippen molar-refractivity contribution in [3.05, 3.63) is 64.1 Å². The zero-order valence-corrected chi connectivity index (χ0v) is 13.5. The lowest BCUT2D eigenvalue weighted by atomic mass is 10.2. The van der Waals surface area contributed by atoms with E-state index >= 15 is 0 Å². The Balaban J connectivity index is 1.74. The Labute approximate surface area is 143 Å². The monoisotopic (exact) mass is 352 g/mol. The molecule has 0 fully saturated rings. The molecule has 2 aromatic rings. The number of carbonyl (C=O) groups excluding carboxylic acids is 2. The Morgan fingerprint density at radius 1 is 1.04 bits per heavy atom. The highest BCUT2D eigenvalue weighted by atomic mass is 35.5. The second kappa shape index (κ2) is 8.41. The number of benzene rings is 2. The summed E-state index contributed by atoms with van der Waals surface area (Å²) in [4.78, 5) is 23.3. The largest absolute Gasteiger partial charge is 0.482 e. The Kier molecular flexibility index (Phi) is 6.26. The lowest BCUT2D eigenvalue weighted by Crippen LogP contribution is -2.41. The van der Waals surface area contributed by atoms with Gasteiger partial charge in [-0.05, 0) is 23.8 Å². The van der Waals surface area contributed by atoms with Crippen LogP contribution in [0.25, 0.3) is 0 Å². The molecular weight excluding hydrogens is 339 g/mol. The minimum atomic E-state index is -0.593. The molecule has 0 aliphatic rings. The summed E-state index contributed by atoms with van der Waals surface area (Å²) in [5, 5.41) is 5.50. The Bertz CT molecular complexity index is 693. The number of amides is 3. The van der Waals surface area contributed by atoms with Gasteiger partial charge in [-0.3, -0.25) is 10.1 Å². The third kappa shape index (κ3) is 5.81. The number of carbonyl (C=O) groups is 2. The van der Waals surface area contributed by atoms with Crippen LogP contribution in [0.1, 0.15) is 5.56 Å². The van der Waals surface area contributed by atoms with Crippen molar-refractivity contribution < 1.29 is 14.3 Å². The van der Waals surface area contributed by atoms with Gasteiger partial charge in [0.15, 0.2) is 6.61 Å². The summed E-state index contributed by atoms with van der Waals surface area (Å²) in [6, 6.07) is 13.4. The Morgan fingerprint density at radius 2 is 1.78 bits per heavy atom. The van der Waals surface area contributed by atoms with E-state index in [1.54, 1.807) is 12.1 Å². The van der Waals surface area contributed by atoms with E-state index < -0.39 is 11.9 Å². The predicted molar refractivity (Wildman–Crippen MR) is 88.8 cm³/mol. The normalized spacial score (nSPS) is 10.0. The summed E-state index contributed by atoms with van der Waals surface area (Å²) in [5.41, 5.74) is 0.930. The van der Waals surface area contributed by atoms with Crippen LogP contribution < -0.4 is 15.4 Å². The molecule has 120 valence electrons. The van der Waals surface area contributed by atoms with Crippen LogP contribution in [0.3, 0.4) is 0 Å². The maximum Gasteiger partial charge on any atom is 0.321 e. The van der Waals surface area contributed by atoms with Gasteiger partial charge in [-0.1, -0.05) is 53.5 Å². The first kappa shape index (κ1) is 17.1. The van der Waals surface area contributed by atoms with E-state index in [0.29, 0.717) is 22.3 Å². The van der Waals surface area contributed by atoms with Crippen LogP contribution in [-0.2, 0) is 11.3 Å². The van der Waals surface area contributed by atoms with E-state index in [1.165, 1.54) is 6.07 Å². The van der Waals surface area contributed by atoms with Crippen LogP contribution in [0.4, 0.5) is 4.79 Å². The average molecular weight is 353 g/mol. The predicted octanol–water partition coefficient (Wildman–Crippen LogP) is 3.40. The van der Waals surface area contributed by atoms with Crippen molar-refractivity contribution >= 4 is 35.1 Å². The maximum atomic E-state index is 11.7. The van der Waals surface area contributed by atoms with Crippen molar-refractivity contribution in [3.8, 4) is 5.75 Å². The number of imide groups is 1. The summed E-state index contributed by atoms with van der Waals surface area (Å²) in [5.74, 6) is -0.266. The van der Waals surface area contributed by atoms with Crippen molar-refractivity contribution in [3.63, 3.8) is 0 Å². The van der Waals surface area contributed by atoms with Crippen LogP contribution in [0.5, 0.6) is 5.75 Å². The van der Waals surface area contributed by atoms with Crippen LogP contribution in [0, 0.1) is 0 Å². The minimum absolute atomic E-state index is 0.291. The second-order valence-electron chi connectivity index (χ2n) is 4.58. The number of hydrogen-bond acceptors (Lipinski definition) is 3. The number of hydrogen-bond donors (Lipinski definition) is 2. The molecule has 0 aromatic heterocycles. The molecule has 0 unspecified atom stereocenters. The molecule has 5 nitrogen and oxygen atoms in total. The molecule has 0 aliphatic carbocycles. The Hall–Kier alpha value is -2.24. The fourth-order valence-corrected chi connectivity index (χ4v) is 2.18. The molecule has 0 atom stereocenters. The highest BCUT2D eigenvalue weighted by Gasteiger charge is 2.10. The van der Waals surface area contributed by atoms with Crippen molar-refractivity contribution in [2.45, 2.75) is 6.54 Å². The van der Waals surface area contributed by atoms with E-state index in [0.717, 1.165) is 5.56 Å². The molecule has 0 heterocycles. The van der Waals surface area contributed by atoms with E-state index in [-0.39, 0.29) is 6.61 Å². The molecule has 0 saturated heterocycles. The number of halogens is 2. The zero-order chi connectivity index (χ0) is 16.7. The molecular formula is C16H14Cl2N2O3. The highest BCUT2D eigenvalue weighted by molar-refractivity contribution is 6.35. The highest BCUT2D eigenvalue weighted by Crippen LogP contribution is 2.27. The smallest absolute Gasteiger partial charge is 0.321 e. The first-order chi connectivity index (χ1) is 11.0. The van der Waals surface area contributed by atoms with Gasteiger partial charge in [0.1, 0.15) is 5.75 Å². The van der Waals surface area contributed by atoms with Gasteiger partial charge < -0.3 is 10.1 Å². The summed E-state index contributed by atoms with van der Waals surface area (Å²) < 4.78 is 5.23. The number of rotatable bonds is 5. The van der Waals surface area contributed by atoms with E-state index in [1.807, 2.05) is 30.3 Å². The lowest BCUT2D eigenvalue weighted by molar-refractivity contribution is -0.122. The standard InChI is InChI=1S/C16H14Cl2N2O3/c17-12-6-7-14(13(18)8-12)23-10-15(21)20-16(22)19-9-11-4-2-1-3-5-11/h1-8H,9-10H2,(H2,19,20,21,22). The summed E-state index contributed by atoms with van der Waals surface area (Å²) in [7, 11) is 0. The second-order valence-corrected chi connectivity index (χ2v) is 5.42.